The molecule has 6 nitrogen and oxygen atoms in total. The fraction of sp³-hybridized carbons (Fsp3) is 0.500. The van der Waals surface area contributed by atoms with E-state index in [-0.39, 0.29) is 6.03 Å². The van der Waals surface area contributed by atoms with Crippen molar-refractivity contribution in [3.8, 4) is 0 Å². The summed E-state index contributed by atoms with van der Waals surface area (Å²) in [7, 11) is 1.82. The molecule has 1 atom stereocenters. The van der Waals surface area contributed by atoms with Crippen LogP contribution in [0.15, 0.2) is 17.5 Å². The lowest BCUT2D eigenvalue weighted by Gasteiger charge is -2.32. The minimum absolute atomic E-state index is 0.187. The first-order valence-electron chi connectivity index (χ1n) is 7.87. The van der Waals surface area contributed by atoms with E-state index in [2.05, 4.69) is 39.0 Å². The molecule has 0 radical (unpaired) electrons. The quantitative estimate of drug-likeness (QED) is 0.903. The van der Waals surface area contributed by atoms with Crippen LogP contribution in [0.4, 0.5) is 10.6 Å². The molecule has 124 valence electrons. The molecule has 0 bridgehead atoms. The van der Waals surface area contributed by atoms with Crippen molar-refractivity contribution in [3.05, 3.63) is 33.6 Å². The Morgan fingerprint density at radius 1 is 1.52 bits per heavy atom. The number of hydrogen-bond acceptors (Lipinski definition) is 4. The lowest BCUT2D eigenvalue weighted by Crippen LogP contribution is -2.45. The van der Waals surface area contributed by atoms with Gasteiger partial charge in [0.25, 0.3) is 0 Å². The van der Waals surface area contributed by atoms with Crippen molar-refractivity contribution in [2.75, 3.05) is 18.4 Å². The summed E-state index contributed by atoms with van der Waals surface area (Å²) in [6, 6.07) is 4.19. The van der Waals surface area contributed by atoms with Crippen LogP contribution in [0.1, 0.15) is 23.1 Å². The second kappa shape index (κ2) is 6.72. The molecule has 2 amide bonds. The van der Waals surface area contributed by atoms with Gasteiger partial charge in [0.1, 0.15) is 5.82 Å². The van der Waals surface area contributed by atoms with Gasteiger partial charge in [0.2, 0.25) is 0 Å². The highest BCUT2D eigenvalue weighted by atomic mass is 32.1. The Morgan fingerprint density at radius 2 is 2.35 bits per heavy atom. The molecule has 0 saturated carbocycles. The Labute approximate surface area is 140 Å². The molecule has 1 aliphatic heterocycles. The number of nitrogens with zero attached hydrogens (tertiary/aromatic N) is 3. The van der Waals surface area contributed by atoms with Crippen molar-refractivity contribution in [2.45, 2.75) is 32.9 Å². The minimum atomic E-state index is -0.187. The number of amides is 2. The summed E-state index contributed by atoms with van der Waals surface area (Å²) in [5, 5.41) is 12.2. The van der Waals surface area contributed by atoms with Gasteiger partial charge in [-0.1, -0.05) is 0 Å². The Kier molecular flexibility index (Phi) is 4.68. The Bertz CT molecular complexity index is 692. The zero-order valence-electron chi connectivity index (χ0n) is 13.8. The largest absolute Gasteiger partial charge is 0.336 e. The van der Waals surface area contributed by atoms with E-state index in [1.807, 2.05) is 31.4 Å². The summed E-state index contributed by atoms with van der Waals surface area (Å²) in [4.78, 5) is 16.0. The van der Waals surface area contributed by atoms with Crippen molar-refractivity contribution in [2.24, 2.45) is 7.05 Å². The molecule has 0 fully saturated rings. The minimum Gasteiger partial charge on any atom is -0.336 e. The molecule has 0 saturated heterocycles. The Balaban J connectivity index is 1.48. The van der Waals surface area contributed by atoms with Gasteiger partial charge in [0.05, 0.1) is 5.69 Å². The predicted molar refractivity (Wildman–Crippen MR) is 92.9 cm³/mol. The van der Waals surface area contributed by atoms with E-state index in [1.165, 1.54) is 10.4 Å². The molecule has 2 aromatic rings. The van der Waals surface area contributed by atoms with Crippen LogP contribution in [0.25, 0.3) is 0 Å². The SMILES string of the molecule is Cc1cc(NC(=O)NC[C@@H](C)N2CCc3sccc3C2)n(C)n1. The summed E-state index contributed by atoms with van der Waals surface area (Å²) in [6.45, 7) is 6.72. The van der Waals surface area contributed by atoms with Gasteiger partial charge in [-0.05, 0) is 37.3 Å². The number of nitrogens with one attached hydrogen (secondary N) is 2. The van der Waals surface area contributed by atoms with Crippen LogP contribution in [0.5, 0.6) is 0 Å². The molecule has 0 aromatic carbocycles. The first-order valence-corrected chi connectivity index (χ1v) is 8.75. The van der Waals surface area contributed by atoms with Gasteiger partial charge in [0, 0.05) is 43.7 Å². The van der Waals surface area contributed by atoms with Crippen LogP contribution in [-0.4, -0.2) is 39.8 Å². The normalized spacial score (nSPS) is 16.0. The average molecular weight is 333 g/mol. The molecule has 3 heterocycles. The molecule has 0 unspecified atom stereocenters. The maximum atomic E-state index is 12.0. The summed E-state index contributed by atoms with van der Waals surface area (Å²) in [5.74, 6) is 0.702. The molecule has 23 heavy (non-hydrogen) atoms. The maximum absolute atomic E-state index is 12.0. The number of aryl methyl sites for hydroxylation is 2. The van der Waals surface area contributed by atoms with E-state index in [9.17, 15) is 4.79 Å². The molecule has 0 aliphatic carbocycles. The van der Waals surface area contributed by atoms with E-state index < -0.39 is 0 Å². The monoisotopic (exact) mass is 333 g/mol. The predicted octanol–water partition coefficient (Wildman–Crippen LogP) is 2.36. The van der Waals surface area contributed by atoms with E-state index >= 15 is 0 Å². The molecular weight excluding hydrogens is 310 g/mol. The van der Waals surface area contributed by atoms with Crippen LogP contribution in [0.3, 0.4) is 0 Å². The molecule has 1 aliphatic rings. The lowest BCUT2D eigenvalue weighted by atomic mass is 10.1. The number of thiophene rings is 1. The van der Waals surface area contributed by atoms with Crippen LogP contribution >= 0.6 is 11.3 Å². The molecule has 3 rings (SSSR count). The standard InChI is InChI=1S/C16H23N5OS/c1-11-8-15(20(3)19-11)18-16(22)17-9-12(2)21-6-4-14-13(10-21)5-7-23-14/h5,7-8,12H,4,6,9-10H2,1-3H3,(H2,17,18,22)/t12-/m1/s1. The van der Waals surface area contributed by atoms with Crippen LogP contribution in [0.2, 0.25) is 0 Å². The summed E-state index contributed by atoms with van der Waals surface area (Å²) >= 11 is 1.85. The fourth-order valence-electron chi connectivity index (χ4n) is 2.90. The van der Waals surface area contributed by atoms with Gasteiger partial charge < -0.3 is 5.32 Å². The highest BCUT2D eigenvalue weighted by Gasteiger charge is 2.21. The lowest BCUT2D eigenvalue weighted by molar-refractivity contribution is 0.188. The van der Waals surface area contributed by atoms with E-state index in [0.717, 1.165) is 25.2 Å². The molecule has 0 spiro atoms. The van der Waals surface area contributed by atoms with Crippen molar-refractivity contribution in [1.82, 2.24) is 20.0 Å². The fourth-order valence-corrected chi connectivity index (χ4v) is 3.79. The third-order valence-electron chi connectivity index (χ3n) is 4.26. The Hall–Kier alpha value is -1.86. The average Bonchev–Trinajstić information content (AvgIpc) is 3.10. The smallest absolute Gasteiger partial charge is 0.320 e. The van der Waals surface area contributed by atoms with Gasteiger partial charge in [0.15, 0.2) is 0 Å². The number of rotatable bonds is 4. The van der Waals surface area contributed by atoms with Crippen molar-refractivity contribution >= 4 is 23.2 Å². The first kappa shape index (κ1) is 16.0. The summed E-state index contributed by atoms with van der Waals surface area (Å²) < 4.78 is 1.67. The third-order valence-corrected chi connectivity index (χ3v) is 5.29. The van der Waals surface area contributed by atoms with Crippen molar-refractivity contribution in [3.63, 3.8) is 0 Å². The molecule has 7 heteroatoms. The number of carbonyl (C=O) groups is 1. The number of fused-ring (bicyclic) bond motifs is 1. The van der Waals surface area contributed by atoms with Gasteiger partial charge in [-0.15, -0.1) is 11.3 Å². The van der Waals surface area contributed by atoms with Gasteiger partial charge in [-0.2, -0.15) is 5.10 Å². The van der Waals surface area contributed by atoms with Gasteiger partial charge >= 0.3 is 6.03 Å². The van der Waals surface area contributed by atoms with E-state index in [0.29, 0.717) is 18.4 Å². The number of aromatic nitrogens is 2. The summed E-state index contributed by atoms with van der Waals surface area (Å²) in [6.07, 6.45) is 1.11. The van der Waals surface area contributed by atoms with Crippen LogP contribution in [-0.2, 0) is 20.0 Å². The van der Waals surface area contributed by atoms with E-state index in [1.54, 1.807) is 4.68 Å². The van der Waals surface area contributed by atoms with Crippen molar-refractivity contribution in [1.29, 1.82) is 0 Å². The molecular formula is C16H23N5OS. The zero-order valence-corrected chi connectivity index (χ0v) is 14.6. The highest BCUT2D eigenvalue weighted by Crippen LogP contribution is 2.24. The number of urea groups is 1. The highest BCUT2D eigenvalue weighted by molar-refractivity contribution is 7.10. The first-order chi connectivity index (χ1) is 11.0. The Morgan fingerprint density at radius 3 is 3.09 bits per heavy atom. The van der Waals surface area contributed by atoms with Crippen LogP contribution in [0, 0.1) is 6.92 Å². The number of anilines is 1. The summed E-state index contributed by atoms with van der Waals surface area (Å²) in [5.41, 5.74) is 2.32. The number of carbonyl (C=O) groups excluding carboxylic acids is 1. The number of hydrogen-bond donors (Lipinski definition) is 2. The molecule has 2 aromatic heterocycles. The topological polar surface area (TPSA) is 62.2 Å². The van der Waals surface area contributed by atoms with Crippen LogP contribution < -0.4 is 10.6 Å². The molecule has 2 N–H and O–H groups in total. The van der Waals surface area contributed by atoms with Crippen molar-refractivity contribution < 1.29 is 4.79 Å². The van der Waals surface area contributed by atoms with Gasteiger partial charge in [-0.3, -0.25) is 14.9 Å². The second-order valence-electron chi connectivity index (χ2n) is 6.07. The second-order valence-corrected chi connectivity index (χ2v) is 7.07. The zero-order chi connectivity index (χ0) is 16.4. The third kappa shape index (κ3) is 3.73. The van der Waals surface area contributed by atoms with E-state index in [4.69, 9.17) is 0 Å². The van der Waals surface area contributed by atoms with Gasteiger partial charge in [-0.25, -0.2) is 4.79 Å². The maximum Gasteiger partial charge on any atom is 0.320 e.